The van der Waals surface area contributed by atoms with Crippen molar-refractivity contribution in [3.63, 3.8) is 0 Å². The molecule has 0 aromatic carbocycles. The maximum Gasteiger partial charge on any atom is 0.00801 e. The van der Waals surface area contributed by atoms with Crippen molar-refractivity contribution in [2.24, 2.45) is 0 Å². The van der Waals surface area contributed by atoms with E-state index in [-0.39, 0.29) is 0 Å². The maximum absolute atomic E-state index is 2.21. The zero-order chi connectivity index (χ0) is 9.19. The van der Waals surface area contributed by atoms with E-state index in [0.717, 1.165) is 6.42 Å². The molecule has 0 atom stereocenters. The molecule has 0 saturated carbocycles. The lowest BCUT2D eigenvalue weighted by atomic mass is 10.4. The first kappa shape index (κ1) is 12.0. The monoisotopic (exact) mass is 266 g/mol. The van der Waals surface area contributed by atoms with Gasteiger partial charge in [0.2, 0.25) is 0 Å². The highest BCUT2D eigenvalue weighted by molar-refractivity contribution is 9.35. The summed E-state index contributed by atoms with van der Waals surface area (Å²) >= 11 is 0. The Bertz CT molecular complexity index is 177. The molecule has 0 radical (unpaired) electrons. The van der Waals surface area contributed by atoms with E-state index >= 15 is 0 Å². The molecule has 5 heteroatoms. The van der Waals surface area contributed by atoms with Gasteiger partial charge in [0.25, 0.3) is 0 Å². The van der Waals surface area contributed by atoms with Crippen molar-refractivity contribution in [3.05, 3.63) is 35.8 Å². The van der Waals surface area contributed by atoms with Crippen molar-refractivity contribution in [1.82, 2.24) is 0 Å². The minimum Gasteiger partial charge on any atom is -0.0837 e. The number of allylic oxidation sites excluding steroid dienone is 5. The Morgan fingerprint density at radius 3 is 2.77 bits per heavy atom. The second-order valence-corrected chi connectivity index (χ2v) is 9.75. The highest BCUT2D eigenvalue weighted by Crippen LogP contribution is 2.48. The number of hydrogen-bond acceptors (Lipinski definition) is 5. The Morgan fingerprint density at radius 2 is 1.77 bits per heavy atom. The normalized spacial score (nSPS) is 20.3. The van der Waals surface area contributed by atoms with Gasteiger partial charge in [-0.1, -0.05) is 52.0 Å². The average Bonchev–Trinajstić information content (AvgIpc) is 2.18. The van der Waals surface area contributed by atoms with E-state index in [1.807, 2.05) is 40.3 Å². The van der Waals surface area contributed by atoms with Gasteiger partial charge in [0.15, 0.2) is 0 Å². The van der Waals surface area contributed by atoms with Gasteiger partial charge in [-0.3, -0.25) is 0 Å². The summed E-state index contributed by atoms with van der Waals surface area (Å²) in [4.78, 5) is 0. The summed E-state index contributed by atoms with van der Waals surface area (Å²) in [6, 6.07) is 0. The van der Waals surface area contributed by atoms with E-state index in [0.29, 0.717) is 0 Å². The first-order valence-corrected chi connectivity index (χ1v) is 10.1. The Labute approximate surface area is 98.4 Å². The van der Waals surface area contributed by atoms with Gasteiger partial charge in [-0.15, -0.1) is 0 Å². The van der Waals surface area contributed by atoms with Crippen LogP contribution in [0, 0.1) is 0 Å². The predicted octanol–water partition coefficient (Wildman–Crippen LogP) is 5.34. The van der Waals surface area contributed by atoms with Crippen LogP contribution in [-0.4, -0.2) is 5.75 Å². The molecule has 1 heterocycles. The fraction of sp³-hybridized carbons (Fsp3) is 0.250. The summed E-state index contributed by atoms with van der Waals surface area (Å²) in [7, 11) is 9.19. The van der Waals surface area contributed by atoms with Crippen molar-refractivity contribution in [2.75, 3.05) is 5.75 Å². The summed E-state index contributed by atoms with van der Waals surface area (Å²) in [5.74, 6) is 1.20. The average molecular weight is 267 g/mol. The van der Waals surface area contributed by atoms with Gasteiger partial charge in [0.05, 0.1) is 0 Å². The fourth-order valence-corrected chi connectivity index (χ4v) is 8.54. The molecule has 0 aromatic rings. The fourth-order valence-electron chi connectivity index (χ4n) is 0.600. The highest BCUT2D eigenvalue weighted by Gasteiger charge is 1.91. The molecule has 0 fully saturated rings. The summed E-state index contributed by atoms with van der Waals surface area (Å²) in [5.41, 5.74) is 0. The molecule has 1 rings (SSSR count). The first-order valence-electron chi connectivity index (χ1n) is 3.77. The third kappa shape index (κ3) is 8.00. The summed E-state index contributed by atoms with van der Waals surface area (Å²) < 4.78 is 0. The standard InChI is InChI=1S/C8H10S5/c1-2-4-6-8-10-12-13-11-9-7-5-3-1/h1-5,7H,6,8H2. The molecule has 0 spiro atoms. The summed E-state index contributed by atoms with van der Waals surface area (Å²) in [6.07, 6.45) is 11.7. The van der Waals surface area contributed by atoms with Crippen LogP contribution in [0.1, 0.15) is 6.42 Å². The van der Waals surface area contributed by atoms with Crippen LogP contribution in [0.4, 0.5) is 0 Å². The molecule has 72 valence electrons. The molecule has 0 N–H and O–H groups in total. The summed E-state index contributed by atoms with van der Waals surface area (Å²) in [6.45, 7) is 0. The lowest BCUT2D eigenvalue weighted by Gasteiger charge is -1.94. The third-order valence-electron chi connectivity index (χ3n) is 1.11. The Kier molecular flexibility index (Phi) is 8.82. The minimum absolute atomic E-state index is 1.16. The van der Waals surface area contributed by atoms with Crippen LogP contribution in [0.15, 0.2) is 35.8 Å². The molecule has 0 aromatic heterocycles. The molecular formula is C8H10S5. The van der Waals surface area contributed by atoms with Crippen molar-refractivity contribution < 1.29 is 0 Å². The van der Waals surface area contributed by atoms with Crippen molar-refractivity contribution >= 4 is 51.1 Å². The first-order chi connectivity index (χ1) is 6.50. The molecule has 1 aliphatic rings. The second-order valence-electron chi connectivity index (χ2n) is 2.05. The molecule has 0 bridgehead atoms. The highest BCUT2D eigenvalue weighted by atomic mass is 33.8. The van der Waals surface area contributed by atoms with E-state index < -0.39 is 0 Å². The van der Waals surface area contributed by atoms with E-state index in [4.69, 9.17) is 0 Å². The SMILES string of the molecule is C1=CC=CSSSSSCCC=C1. The van der Waals surface area contributed by atoms with E-state index in [9.17, 15) is 0 Å². The van der Waals surface area contributed by atoms with Gasteiger partial charge in [0, 0.05) is 5.75 Å². The molecule has 13 heavy (non-hydrogen) atoms. The molecule has 0 aliphatic carbocycles. The van der Waals surface area contributed by atoms with Crippen LogP contribution in [0.2, 0.25) is 0 Å². The van der Waals surface area contributed by atoms with Crippen LogP contribution in [0.25, 0.3) is 0 Å². The van der Waals surface area contributed by atoms with Gasteiger partial charge in [-0.25, -0.2) is 0 Å². The third-order valence-corrected chi connectivity index (χ3v) is 9.34. The molecule has 0 nitrogen and oxygen atoms in total. The van der Waals surface area contributed by atoms with Gasteiger partial charge in [-0.2, -0.15) is 0 Å². The largest absolute Gasteiger partial charge is 0.0837 e. The Balaban J connectivity index is 2.29. The van der Waals surface area contributed by atoms with Crippen LogP contribution in [0.3, 0.4) is 0 Å². The smallest absolute Gasteiger partial charge is 0.00801 e. The van der Waals surface area contributed by atoms with Crippen molar-refractivity contribution in [1.29, 1.82) is 0 Å². The van der Waals surface area contributed by atoms with Gasteiger partial charge in [0.1, 0.15) is 0 Å². The van der Waals surface area contributed by atoms with Crippen LogP contribution in [0.5, 0.6) is 0 Å². The molecule has 0 unspecified atom stereocenters. The topological polar surface area (TPSA) is 0 Å². The Morgan fingerprint density at radius 1 is 0.846 bits per heavy atom. The molecule has 1 aliphatic heterocycles. The van der Waals surface area contributed by atoms with Gasteiger partial charge in [-0.05, 0) is 41.3 Å². The Hall–Kier alpha value is 0.970. The lowest BCUT2D eigenvalue weighted by molar-refractivity contribution is 1.25. The summed E-state index contributed by atoms with van der Waals surface area (Å²) in [5, 5.41) is 2.10. The van der Waals surface area contributed by atoms with E-state index in [1.54, 1.807) is 10.8 Å². The van der Waals surface area contributed by atoms with Gasteiger partial charge < -0.3 is 0 Å². The predicted molar refractivity (Wildman–Crippen MR) is 74.9 cm³/mol. The molecular weight excluding hydrogens is 256 g/mol. The maximum atomic E-state index is 2.21. The van der Waals surface area contributed by atoms with Crippen LogP contribution >= 0.6 is 51.1 Å². The quantitative estimate of drug-likeness (QED) is 0.541. The molecule has 0 saturated heterocycles. The molecule has 0 amide bonds. The number of rotatable bonds is 0. The van der Waals surface area contributed by atoms with E-state index in [1.165, 1.54) is 5.75 Å². The van der Waals surface area contributed by atoms with Gasteiger partial charge >= 0.3 is 0 Å². The second kappa shape index (κ2) is 9.52. The lowest BCUT2D eigenvalue weighted by Crippen LogP contribution is -1.68. The zero-order valence-corrected chi connectivity index (χ0v) is 11.0. The zero-order valence-electron chi connectivity index (χ0n) is 6.92. The van der Waals surface area contributed by atoms with Crippen LogP contribution in [-0.2, 0) is 0 Å². The van der Waals surface area contributed by atoms with Crippen molar-refractivity contribution in [3.8, 4) is 0 Å². The number of hydrogen-bond donors (Lipinski definition) is 0. The van der Waals surface area contributed by atoms with Crippen LogP contribution < -0.4 is 0 Å². The van der Waals surface area contributed by atoms with Crippen molar-refractivity contribution in [2.45, 2.75) is 6.42 Å². The van der Waals surface area contributed by atoms with E-state index in [2.05, 4.69) is 35.8 Å². The minimum atomic E-state index is 1.16.